The summed E-state index contributed by atoms with van der Waals surface area (Å²) in [6.07, 6.45) is 1.07. The van der Waals surface area contributed by atoms with Gasteiger partial charge in [-0.25, -0.2) is 4.39 Å². The second kappa shape index (κ2) is 4.75. The van der Waals surface area contributed by atoms with Crippen molar-refractivity contribution in [2.45, 2.75) is 11.9 Å². The van der Waals surface area contributed by atoms with E-state index in [1.807, 2.05) is 0 Å². The summed E-state index contributed by atoms with van der Waals surface area (Å²) in [5.74, 6) is -0.852. The van der Waals surface area contributed by atoms with Crippen molar-refractivity contribution in [2.24, 2.45) is 0 Å². The average Bonchev–Trinajstić information content (AvgIpc) is 2.29. The van der Waals surface area contributed by atoms with Crippen molar-refractivity contribution in [3.05, 3.63) is 47.5 Å². The van der Waals surface area contributed by atoms with Gasteiger partial charge in [0.15, 0.2) is 0 Å². The van der Waals surface area contributed by atoms with Gasteiger partial charge >= 0.3 is 0 Å². The Hall–Kier alpha value is -1.55. The lowest BCUT2D eigenvalue weighted by Crippen LogP contribution is -2.39. The SMILES string of the molecule is O=C1C=C(O)C(Cl)CN1Cc1ccccc1F. The number of benzene rings is 1. The summed E-state index contributed by atoms with van der Waals surface area (Å²) in [6, 6.07) is 6.25. The summed E-state index contributed by atoms with van der Waals surface area (Å²) in [5, 5.41) is 8.67. The fourth-order valence-electron chi connectivity index (χ4n) is 1.66. The number of hydrogen-bond acceptors (Lipinski definition) is 2. The molecule has 0 bridgehead atoms. The molecule has 1 heterocycles. The Morgan fingerprint density at radius 1 is 1.47 bits per heavy atom. The molecule has 1 N–H and O–H groups in total. The average molecular weight is 256 g/mol. The topological polar surface area (TPSA) is 40.5 Å². The maximum absolute atomic E-state index is 13.4. The third kappa shape index (κ3) is 2.58. The highest BCUT2D eigenvalue weighted by Crippen LogP contribution is 2.18. The van der Waals surface area contributed by atoms with E-state index in [0.717, 1.165) is 6.08 Å². The van der Waals surface area contributed by atoms with E-state index < -0.39 is 5.38 Å². The number of aliphatic hydroxyl groups excluding tert-OH is 1. The standard InChI is InChI=1S/C12H11ClFNO2/c13-9-7-15(12(17)5-11(9)16)6-8-3-1-2-4-10(8)14/h1-5,9,16H,6-7H2. The van der Waals surface area contributed by atoms with Crippen molar-refractivity contribution in [1.29, 1.82) is 0 Å². The van der Waals surface area contributed by atoms with Crippen LogP contribution in [-0.2, 0) is 11.3 Å². The molecule has 0 saturated carbocycles. The van der Waals surface area contributed by atoms with Gasteiger partial charge in [-0.1, -0.05) is 18.2 Å². The second-order valence-corrected chi connectivity index (χ2v) is 4.37. The molecular formula is C12H11ClFNO2. The zero-order chi connectivity index (χ0) is 12.4. The molecule has 17 heavy (non-hydrogen) atoms. The smallest absolute Gasteiger partial charge is 0.250 e. The Morgan fingerprint density at radius 2 is 2.18 bits per heavy atom. The molecule has 1 unspecified atom stereocenters. The van der Waals surface area contributed by atoms with Gasteiger partial charge in [-0.2, -0.15) is 0 Å². The van der Waals surface area contributed by atoms with Crippen LogP contribution in [0.1, 0.15) is 5.56 Å². The van der Waals surface area contributed by atoms with Crippen LogP contribution >= 0.6 is 11.6 Å². The van der Waals surface area contributed by atoms with Crippen LogP contribution < -0.4 is 0 Å². The van der Waals surface area contributed by atoms with Gasteiger partial charge in [0.1, 0.15) is 17.0 Å². The molecule has 0 aromatic heterocycles. The molecule has 90 valence electrons. The molecule has 1 atom stereocenters. The van der Waals surface area contributed by atoms with E-state index in [1.54, 1.807) is 18.2 Å². The van der Waals surface area contributed by atoms with Crippen LogP contribution in [0.3, 0.4) is 0 Å². The normalized spacial score (nSPS) is 20.4. The number of amides is 1. The van der Waals surface area contributed by atoms with Crippen LogP contribution in [0.25, 0.3) is 0 Å². The van der Waals surface area contributed by atoms with Crippen LogP contribution in [0.2, 0.25) is 0 Å². The van der Waals surface area contributed by atoms with Crippen molar-refractivity contribution < 1.29 is 14.3 Å². The molecule has 5 heteroatoms. The van der Waals surface area contributed by atoms with E-state index in [0.29, 0.717) is 5.56 Å². The summed E-state index contributed by atoms with van der Waals surface area (Å²) in [6.45, 7) is 0.329. The van der Waals surface area contributed by atoms with Crippen molar-refractivity contribution >= 4 is 17.5 Å². The molecule has 0 spiro atoms. The fraction of sp³-hybridized carbons (Fsp3) is 0.250. The molecule has 0 fully saturated rings. The summed E-state index contributed by atoms with van der Waals surface area (Å²) in [4.78, 5) is 13.0. The number of carbonyl (C=O) groups excluding carboxylic acids is 1. The minimum atomic E-state index is -0.625. The lowest BCUT2D eigenvalue weighted by atomic mass is 10.1. The van der Waals surface area contributed by atoms with Crippen molar-refractivity contribution in [3.63, 3.8) is 0 Å². The van der Waals surface area contributed by atoms with Crippen molar-refractivity contribution in [1.82, 2.24) is 4.90 Å². The van der Waals surface area contributed by atoms with Crippen molar-refractivity contribution in [3.8, 4) is 0 Å². The molecule has 2 rings (SSSR count). The van der Waals surface area contributed by atoms with Crippen LogP contribution in [0, 0.1) is 5.82 Å². The van der Waals surface area contributed by atoms with Crippen LogP contribution in [0.5, 0.6) is 0 Å². The van der Waals surface area contributed by atoms with E-state index >= 15 is 0 Å². The number of aliphatic hydroxyl groups is 1. The number of nitrogens with zero attached hydrogens (tertiary/aromatic N) is 1. The van der Waals surface area contributed by atoms with Gasteiger partial charge in [0.2, 0.25) is 5.91 Å². The Kier molecular flexibility index (Phi) is 3.33. The third-order valence-electron chi connectivity index (χ3n) is 2.60. The largest absolute Gasteiger partial charge is 0.510 e. The van der Waals surface area contributed by atoms with Gasteiger partial charge in [0.25, 0.3) is 0 Å². The van der Waals surface area contributed by atoms with Gasteiger partial charge in [-0.3, -0.25) is 4.79 Å². The third-order valence-corrected chi connectivity index (χ3v) is 2.97. The quantitative estimate of drug-likeness (QED) is 0.824. The van der Waals surface area contributed by atoms with Crippen molar-refractivity contribution in [2.75, 3.05) is 6.54 Å². The van der Waals surface area contributed by atoms with Gasteiger partial charge in [-0.15, -0.1) is 11.6 Å². The number of hydrogen-bond donors (Lipinski definition) is 1. The summed E-state index contributed by atoms with van der Waals surface area (Å²) < 4.78 is 13.4. The molecule has 0 aliphatic carbocycles. The Labute approximate surface area is 103 Å². The molecule has 3 nitrogen and oxygen atoms in total. The highest BCUT2D eigenvalue weighted by molar-refractivity contribution is 6.23. The van der Waals surface area contributed by atoms with E-state index in [-0.39, 0.29) is 30.6 Å². The molecular weight excluding hydrogens is 245 g/mol. The maximum atomic E-state index is 13.4. The molecule has 1 amide bonds. The molecule has 0 radical (unpaired) electrons. The summed E-state index contributed by atoms with van der Waals surface area (Å²) >= 11 is 5.83. The van der Waals surface area contributed by atoms with Gasteiger partial charge in [0, 0.05) is 24.7 Å². The molecule has 1 aliphatic heterocycles. The molecule has 0 saturated heterocycles. The van der Waals surface area contributed by atoms with E-state index in [4.69, 9.17) is 11.6 Å². The number of alkyl halides is 1. The lowest BCUT2D eigenvalue weighted by Gasteiger charge is -2.27. The number of halogens is 2. The minimum absolute atomic E-state index is 0.138. The predicted octanol–water partition coefficient (Wildman–Crippen LogP) is 2.22. The second-order valence-electron chi connectivity index (χ2n) is 3.85. The fourth-order valence-corrected chi connectivity index (χ4v) is 1.89. The lowest BCUT2D eigenvalue weighted by molar-refractivity contribution is -0.127. The first-order valence-electron chi connectivity index (χ1n) is 5.15. The molecule has 1 aromatic carbocycles. The van der Waals surface area contributed by atoms with Crippen LogP contribution in [-0.4, -0.2) is 27.8 Å². The first kappa shape index (κ1) is 11.9. The first-order chi connectivity index (χ1) is 8.08. The van der Waals surface area contributed by atoms with E-state index in [2.05, 4.69) is 0 Å². The van der Waals surface area contributed by atoms with Gasteiger partial charge < -0.3 is 10.0 Å². The molecule has 1 aromatic rings. The van der Waals surface area contributed by atoms with E-state index in [9.17, 15) is 14.3 Å². The Bertz CT molecular complexity index is 475. The predicted molar refractivity (Wildman–Crippen MR) is 62.2 cm³/mol. The molecule has 1 aliphatic rings. The van der Waals surface area contributed by atoms with Gasteiger partial charge in [0.05, 0.1) is 0 Å². The summed E-state index contributed by atoms with van der Waals surface area (Å²) in [7, 11) is 0. The number of carbonyl (C=O) groups is 1. The number of rotatable bonds is 2. The zero-order valence-corrected chi connectivity index (χ0v) is 9.69. The highest BCUT2D eigenvalue weighted by Gasteiger charge is 2.25. The minimum Gasteiger partial charge on any atom is -0.510 e. The monoisotopic (exact) mass is 255 g/mol. The summed E-state index contributed by atoms with van der Waals surface area (Å²) in [5.41, 5.74) is 0.430. The Balaban J connectivity index is 2.16. The van der Waals surface area contributed by atoms with Gasteiger partial charge in [-0.05, 0) is 6.07 Å². The maximum Gasteiger partial charge on any atom is 0.250 e. The van der Waals surface area contributed by atoms with E-state index in [1.165, 1.54) is 11.0 Å². The Morgan fingerprint density at radius 3 is 2.88 bits per heavy atom. The highest BCUT2D eigenvalue weighted by atomic mass is 35.5. The first-order valence-corrected chi connectivity index (χ1v) is 5.58. The van der Waals surface area contributed by atoms with Crippen LogP contribution in [0.4, 0.5) is 4.39 Å². The van der Waals surface area contributed by atoms with Crippen LogP contribution in [0.15, 0.2) is 36.1 Å². The zero-order valence-electron chi connectivity index (χ0n) is 8.94.